The quantitative estimate of drug-likeness (QED) is 0.684. The van der Waals surface area contributed by atoms with Gasteiger partial charge in [-0.3, -0.25) is 4.55 Å². The van der Waals surface area contributed by atoms with Gasteiger partial charge in [0.1, 0.15) is 5.41 Å². The van der Waals surface area contributed by atoms with Gasteiger partial charge in [-0.1, -0.05) is 37.3 Å². The van der Waals surface area contributed by atoms with Gasteiger partial charge in [-0.05, 0) is 18.9 Å². The molecule has 1 aromatic rings. The third kappa shape index (κ3) is 2.31. The lowest BCUT2D eigenvalue weighted by Crippen LogP contribution is -2.59. The highest BCUT2D eigenvalue weighted by Gasteiger charge is 2.70. The van der Waals surface area contributed by atoms with E-state index < -0.39 is 38.7 Å². The molecule has 0 radical (unpaired) electrons. The molecule has 0 bridgehead atoms. The van der Waals surface area contributed by atoms with Crippen LogP contribution in [0.1, 0.15) is 25.8 Å². The molecule has 2 unspecified atom stereocenters. The summed E-state index contributed by atoms with van der Waals surface area (Å²) in [7, 11) is -5.59. The molecule has 0 saturated heterocycles. The SMILES string of the molecule is CCC(F)(C(C)(c1ccccc1)C(F)(F)F)S(=O)(=O)O. The first kappa shape index (κ1) is 16.9. The Kier molecular flexibility index (Phi) is 4.22. The van der Waals surface area contributed by atoms with Crippen LogP contribution in [0.4, 0.5) is 17.6 Å². The van der Waals surface area contributed by atoms with Gasteiger partial charge in [-0.15, -0.1) is 0 Å². The average molecular weight is 314 g/mol. The van der Waals surface area contributed by atoms with Crippen molar-refractivity contribution < 1.29 is 30.5 Å². The minimum atomic E-state index is -5.59. The summed E-state index contributed by atoms with van der Waals surface area (Å²) < 4.78 is 86.3. The van der Waals surface area contributed by atoms with Crippen molar-refractivity contribution in [3.63, 3.8) is 0 Å². The number of alkyl halides is 4. The van der Waals surface area contributed by atoms with Crippen molar-refractivity contribution >= 4 is 10.1 Å². The van der Waals surface area contributed by atoms with Gasteiger partial charge in [0, 0.05) is 0 Å². The predicted molar refractivity (Wildman–Crippen MR) is 65.5 cm³/mol. The van der Waals surface area contributed by atoms with Crippen LogP contribution < -0.4 is 0 Å². The summed E-state index contributed by atoms with van der Waals surface area (Å²) in [5.41, 5.74) is -3.96. The summed E-state index contributed by atoms with van der Waals surface area (Å²) in [6.07, 6.45) is -6.26. The zero-order valence-corrected chi connectivity index (χ0v) is 11.6. The molecule has 20 heavy (non-hydrogen) atoms. The van der Waals surface area contributed by atoms with Gasteiger partial charge in [0.25, 0.3) is 5.00 Å². The van der Waals surface area contributed by atoms with E-state index in [1.165, 1.54) is 18.2 Å². The van der Waals surface area contributed by atoms with Gasteiger partial charge < -0.3 is 0 Å². The Bertz CT molecular complexity index is 570. The summed E-state index contributed by atoms with van der Waals surface area (Å²) in [5.74, 6) is 0. The summed E-state index contributed by atoms with van der Waals surface area (Å²) >= 11 is 0. The molecule has 114 valence electrons. The Balaban J connectivity index is 3.74. The van der Waals surface area contributed by atoms with Crippen LogP contribution in [-0.4, -0.2) is 24.1 Å². The van der Waals surface area contributed by atoms with Gasteiger partial charge in [0.15, 0.2) is 0 Å². The first-order valence-corrected chi connectivity index (χ1v) is 7.14. The molecule has 0 fully saturated rings. The lowest BCUT2D eigenvalue weighted by atomic mass is 9.76. The molecule has 0 spiro atoms. The van der Waals surface area contributed by atoms with Gasteiger partial charge in [0.05, 0.1) is 0 Å². The molecule has 1 aromatic carbocycles. The van der Waals surface area contributed by atoms with Crippen molar-refractivity contribution in [2.75, 3.05) is 0 Å². The zero-order valence-electron chi connectivity index (χ0n) is 10.8. The van der Waals surface area contributed by atoms with Crippen molar-refractivity contribution in [3.05, 3.63) is 35.9 Å². The third-order valence-electron chi connectivity index (χ3n) is 3.53. The molecule has 2 atom stereocenters. The second kappa shape index (κ2) is 5.00. The highest BCUT2D eigenvalue weighted by atomic mass is 32.2. The monoisotopic (exact) mass is 314 g/mol. The summed E-state index contributed by atoms with van der Waals surface area (Å²) in [6, 6.07) is 5.84. The zero-order chi connectivity index (χ0) is 15.8. The van der Waals surface area contributed by atoms with E-state index in [9.17, 15) is 26.0 Å². The molecule has 1 N–H and O–H groups in total. The highest BCUT2D eigenvalue weighted by molar-refractivity contribution is 7.87. The van der Waals surface area contributed by atoms with Crippen LogP contribution in [0.15, 0.2) is 30.3 Å². The largest absolute Gasteiger partial charge is 0.402 e. The van der Waals surface area contributed by atoms with E-state index in [4.69, 9.17) is 4.55 Å². The van der Waals surface area contributed by atoms with E-state index in [1.807, 2.05) is 0 Å². The van der Waals surface area contributed by atoms with Crippen LogP contribution in [0, 0.1) is 0 Å². The molecule has 8 heteroatoms. The smallest absolute Gasteiger partial charge is 0.283 e. The maximum Gasteiger partial charge on any atom is 0.402 e. The van der Waals surface area contributed by atoms with Gasteiger partial charge in [-0.25, -0.2) is 4.39 Å². The molecular weight excluding hydrogens is 300 g/mol. The molecule has 0 amide bonds. The standard InChI is InChI=1S/C12H14F4O3S/c1-3-11(13,20(17,18)19)10(2,12(14,15)16)9-7-5-4-6-8-9/h4-8H,3H2,1-2H3,(H,17,18,19). The molecule has 0 heterocycles. The van der Waals surface area contributed by atoms with Crippen LogP contribution in [0.5, 0.6) is 0 Å². The molecular formula is C12H14F4O3S. The Hall–Kier alpha value is -1.15. The van der Waals surface area contributed by atoms with Crippen LogP contribution in [-0.2, 0) is 15.5 Å². The fourth-order valence-corrected chi connectivity index (χ4v) is 3.27. The van der Waals surface area contributed by atoms with Crippen molar-refractivity contribution in [2.45, 2.75) is 36.9 Å². The lowest BCUT2D eigenvalue weighted by Gasteiger charge is -2.41. The van der Waals surface area contributed by atoms with Crippen LogP contribution in [0.3, 0.4) is 0 Å². The summed E-state index contributed by atoms with van der Waals surface area (Å²) in [5, 5.41) is -3.88. The van der Waals surface area contributed by atoms with E-state index in [0.717, 1.165) is 19.1 Å². The summed E-state index contributed by atoms with van der Waals surface area (Å²) in [6.45, 7) is 1.36. The highest BCUT2D eigenvalue weighted by Crippen LogP contribution is 2.53. The topological polar surface area (TPSA) is 54.4 Å². The molecule has 0 aliphatic carbocycles. The molecule has 0 saturated carbocycles. The molecule has 1 rings (SSSR count). The number of rotatable bonds is 4. The van der Waals surface area contributed by atoms with Gasteiger partial charge >= 0.3 is 16.3 Å². The van der Waals surface area contributed by atoms with Crippen molar-refractivity contribution in [1.82, 2.24) is 0 Å². The molecule has 0 aliphatic heterocycles. The average Bonchev–Trinajstić information content (AvgIpc) is 2.35. The molecule has 3 nitrogen and oxygen atoms in total. The predicted octanol–water partition coefficient (Wildman–Crippen LogP) is 3.47. The number of benzene rings is 1. The second-order valence-electron chi connectivity index (χ2n) is 4.55. The van der Waals surface area contributed by atoms with Crippen molar-refractivity contribution in [2.24, 2.45) is 0 Å². The van der Waals surface area contributed by atoms with E-state index in [0.29, 0.717) is 6.92 Å². The maximum absolute atomic E-state index is 14.7. The molecule has 0 aromatic heterocycles. The van der Waals surface area contributed by atoms with E-state index in [-0.39, 0.29) is 0 Å². The third-order valence-corrected chi connectivity index (χ3v) is 5.04. The number of hydrogen-bond donors (Lipinski definition) is 1. The Morgan fingerprint density at radius 3 is 1.85 bits per heavy atom. The fraction of sp³-hybridized carbons (Fsp3) is 0.500. The van der Waals surface area contributed by atoms with E-state index in [1.54, 1.807) is 0 Å². The summed E-state index contributed by atoms with van der Waals surface area (Å²) in [4.78, 5) is 0. The molecule has 0 aliphatic rings. The van der Waals surface area contributed by atoms with Crippen molar-refractivity contribution in [1.29, 1.82) is 0 Å². The number of hydrogen-bond acceptors (Lipinski definition) is 2. The van der Waals surface area contributed by atoms with Gasteiger partial charge in [-0.2, -0.15) is 21.6 Å². The number of halogens is 4. The lowest BCUT2D eigenvalue weighted by molar-refractivity contribution is -0.211. The Labute approximate surface area is 114 Å². The van der Waals surface area contributed by atoms with E-state index >= 15 is 0 Å². The first-order chi connectivity index (χ1) is 8.92. The van der Waals surface area contributed by atoms with Crippen LogP contribution in [0.2, 0.25) is 0 Å². The fourth-order valence-electron chi connectivity index (χ4n) is 2.16. The second-order valence-corrected chi connectivity index (χ2v) is 6.14. The Morgan fingerprint density at radius 1 is 1.10 bits per heavy atom. The van der Waals surface area contributed by atoms with Gasteiger partial charge in [0.2, 0.25) is 0 Å². The first-order valence-electron chi connectivity index (χ1n) is 5.70. The minimum absolute atomic E-state index is 0.430. The van der Waals surface area contributed by atoms with Crippen LogP contribution >= 0.6 is 0 Å². The minimum Gasteiger partial charge on any atom is -0.283 e. The van der Waals surface area contributed by atoms with E-state index in [2.05, 4.69) is 0 Å². The maximum atomic E-state index is 14.7. The normalized spacial score (nSPS) is 19.1. The van der Waals surface area contributed by atoms with Crippen molar-refractivity contribution in [3.8, 4) is 0 Å². The Morgan fingerprint density at radius 2 is 1.55 bits per heavy atom. The van der Waals surface area contributed by atoms with Crippen LogP contribution in [0.25, 0.3) is 0 Å².